The maximum Gasteiger partial charge on any atom is 0.416 e. The van der Waals surface area contributed by atoms with Gasteiger partial charge in [0.25, 0.3) is 23.6 Å². The molecule has 0 aliphatic carbocycles. The molecule has 0 saturated carbocycles. The fourth-order valence-electron chi connectivity index (χ4n) is 14.1. The first kappa shape index (κ1) is 85.1. The number of H-pyrrole nitrogens is 3. The largest absolute Gasteiger partial charge is 0.435 e. The van der Waals surface area contributed by atoms with Crippen molar-refractivity contribution in [2.45, 2.75) is 47.0 Å². The van der Waals surface area contributed by atoms with E-state index < -0.39 is 41.0 Å². The Morgan fingerprint density at radius 1 is 0.433 bits per heavy atom. The van der Waals surface area contributed by atoms with Crippen molar-refractivity contribution < 1.29 is 59.7 Å². The molecular weight excluding hydrogens is 1550 g/mol. The molecule has 12 aromatic rings. The van der Waals surface area contributed by atoms with Gasteiger partial charge in [0, 0.05) is 206 Å². The lowest BCUT2D eigenvalue weighted by Gasteiger charge is -2.34. The molecule has 0 radical (unpaired) electrons. The van der Waals surface area contributed by atoms with Crippen LogP contribution in [0.15, 0.2) is 140 Å². The third-order valence-corrected chi connectivity index (χ3v) is 20.8. The minimum absolute atomic E-state index is 0.0209. The number of nitrogens with zero attached hydrogens (tertiary/aromatic N) is 15. The number of aromatic nitrogens is 9. The standard InChI is InChI=1S/C29H31F4N7O2.C29H34FN7O2.C28H30FN7O3/c1-17-13-20-22(36-17)7-8-23(25(20)30)42-27-24(28(41)38(2)3)26(34-16-35-27)37-19-6-5-18(21(14-19)29(31,32)33)15-40-11-9-39(4)10-12-40;1-5-36-12-14-37(15-13-36)17-20-6-8-21(9-7-20)34-27-25(29(38)35(3)4)28(32-18-31-27)39-24-11-10-23-22(26(24)30)16-19(2)33-23;1-17-15-20-21(32-17)9-10-22(24(20)29)39-26-23(28(38)34(2)3)25(30-16-31-26)33-19-7-5-18(6-8-19)27(37)36-13-11-35(4)12-14-36/h5-8,13-14,16,36H,9-12,15H2,1-4H3,(H,34,35,37);6-11,16,18,33H,5,12-15,17H2,1-4H3,(H,31,32,34);5-10,15-16,32H,11-14H2,1-4H3,(H,30,31,33). The maximum atomic E-state index is 15.3. The van der Waals surface area contributed by atoms with Crippen molar-refractivity contribution in [3.63, 3.8) is 0 Å². The van der Waals surface area contributed by atoms with Gasteiger partial charge in [-0.1, -0.05) is 25.1 Å². The quantitative estimate of drug-likeness (QED) is 0.0365. The number of benzene rings is 6. The van der Waals surface area contributed by atoms with Gasteiger partial charge in [0.2, 0.25) is 17.6 Å². The smallest absolute Gasteiger partial charge is 0.416 e. The molecular formula is C86H95F6N21O7. The van der Waals surface area contributed by atoms with E-state index in [0.29, 0.717) is 70.1 Å². The first-order valence-electron chi connectivity index (χ1n) is 39.0. The minimum atomic E-state index is -4.60. The number of piperazine rings is 3. The molecule has 3 aliphatic rings. The molecule has 9 heterocycles. The fourth-order valence-corrected chi connectivity index (χ4v) is 14.1. The maximum absolute atomic E-state index is 15.3. The SMILES string of the molecule is CCN1CCN(Cc2ccc(Nc3ncnc(Oc4ccc5[nH]c(C)cc5c4F)c3C(=O)N(C)C)cc2)CC1.Cc1cc2c(F)c(Oc3ncnc(Nc4ccc(C(=O)N5CCN(C)CC5)cc4)c3C(=O)N(C)C)ccc2[nH]1.Cc1cc2c(F)c(Oc3ncnc(Nc4ccc(CN5CCN(C)CC5)c(C(F)(F)F)c4)c3C(=O)N(C)C)ccc2[nH]1. The Kier molecular flexibility index (Phi) is 26.3. The van der Waals surface area contributed by atoms with E-state index in [1.165, 1.54) is 77.3 Å². The molecule has 3 aliphatic heterocycles. The first-order valence-corrected chi connectivity index (χ1v) is 39.0. The number of fused-ring (bicyclic) bond motifs is 3. The number of carbonyl (C=O) groups excluding carboxylic acids is 4. The second-order valence-corrected chi connectivity index (χ2v) is 30.4. The van der Waals surface area contributed by atoms with Gasteiger partial charge in [0.1, 0.15) is 35.7 Å². The Labute approximate surface area is 689 Å². The van der Waals surface area contributed by atoms with Gasteiger partial charge in [-0.2, -0.15) is 13.2 Å². The van der Waals surface area contributed by atoms with Crippen molar-refractivity contribution in [1.29, 1.82) is 0 Å². The van der Waals surface area contributed by atoms with E-state index in [9.17, 15) is 32.3 Å². The molecule has 34 heteroatoms. The van der Waals surface area contributed by atoms with Crippen LogP contribution >= 0.6 is 0 Å². The number of ether oxygens (including phenoxy) is 3. The number of nitrogens with one attached hydrogen (secondary N) is 6. The average Bonchev–Trinajstić information content (AvgIpc) is 1.42. The van der Waals surface area contributed by atoms with Crippen molar-refractivity contribution in [3.05, 3.63) is 214 Å². The van der Waals surface area contributed by atoms with Crippen LogP contribution in [0.3, 0.4) is 0 Å². The van der Waals surface area contributed by atoms with Crippen molar-refractivity contribution >= 4 is 90.9 Å². The van der Waals surface area contributed by atoms with E-state index in [4.69, 9.17) is 14.2 Å². The summed E-state index contributed by atoms with van der Waals surface area (Å²) in [5.74, 6) is -3.38. The van der Waals surface area contributed by atoms with Gasteiger partial charge < -0.3 is 79.4 Å². The average molecular weight is 1650 g/mol. The molecule has 6 aromatic heterocycles. The molecule has 0 spiro atoms. The zero-order valence-corrected chi connectivity index (χ0v) is 68.7. The summed E-state index contributed by atoms with van der Waals surface area (Å²) in [5.41, 5.74) is 6.89. The highest BCUT2D eigenvalue weighted by molar-refractivity contribution is 6.03. The highest BCUT2D eigenvalue weighted by Crippen LogP contribution is 2.41. The Balaban J connectivity index is 0.000000156. The fraction of sp³-hybridized carbons (Fsp3) is 0.326. The first-order chi connectivity index (χ1) is 57.4. The van der Waals surface area contributed by atoms with Crippen LogP contribution in [0.25, 0.3) is 32.7 Å². The number of aromatic amines is 3. The van der Waals surface area contributed by atoms with E-state index in [-0.39, 0.29) is 98.6 Å². The Morgan fingerprint density at radius 2 is 0.783 bits per heavy atom. The summed E-state index contributed by atoms with van der Waals surface area (Å²) in [6, 6.07) is 33.5. The minimum Gasteiger partial charge on any atom is -0.435 e. The number of halogens is 6. The van der Waals surface area contributed by atoms with Crippen LogP contribution < -0.4 is 30.2 Å². The summed E-state index contributed by atoms with van der Waals surface area (Å²) in [6.07, 6.45) is -0.973. The number of likely N-dealkylation sites (N-methyl/N-ethyl adjacent to an activating group) is 3. The van der Waals surface area contributed by atoms with E-state index in [1.807, 2.05) is 49.9 Å². The summed E-state index contributed by atoms with van der Waals surface area (Å²) < 4.78 is 106. The molecule has 28 nitrogen and oxygen atoms in total. The monoisotopic (exact) mass is 1650 g/mol. The van der Waals surface area contributed by atoms with E-state index in [0.717, 1.165) is 101 Å². The van der Waals surface area contributed by atoms with Crippen molar-refractivity contribution in [1.82, 2.24) is 89.0 Å². The number of aryl methyl sites for hydroxylation is 3. The molecule has 0 bridgehead atoms. The van der Waals surface area contributed by atoms with Gasteiger partial charge in [-0.25, -0.2) is 43.1 Å². The van der Waals surface area contributed by atoms with Gasteiger partial charge in [0.05, 0.1) is 5.56 Å². The predicted octanol–water partition coefficient (Wildman–Crippen LogP) is 14.2. The molecule has 3 saturated heterocycles. The zero-order chi connectivity index (χ0) is 85.4. The molecule has 4 amide bonds. The number of carbonyl (C=O) groups is 4. The molecule has 0 unspecified atom stereocenters. The number of amides is 4. The normalized spacial score (nSPS) is 14.4. The highest BCUT2D eigenvalue weighted by atomic mass is 19.4. The summed E-state index contributed by atoms with van der Waals surface area (Å²) in [7, 11) is 13.5. The van der Waals surface area contributed by atoms with Crippen LogP contribution in [0.1, 0.15) is 82.1 Å². The van der Waals surface area contributed by atoms with E-state index in [1.54, 1.807) is 95.8 Å². The second-order valence-electron chi connectivity index (χ2n) is 30.4. The van der Waals surface area contributed by atoms with Crippen molar-refractivity contribution in [2.24, 2.45) is 0 Å². The molecule has 6 aromatic carbocycles. The molecule has 3 fully saturated rings. The van der Waals surface area contributed by atoms with Crippen LogP contribution in [-0.2, 0) is 19.3 Å². The number of alkyl halides is 3. The third kappa shape index (κ3) is 20.0. The molecule has 120 heavy (non-hydrogen) atoms. The lowest BCUT2D eigenvalue weighted by atomic mass is 10.0. The molecule has 628 valence electrons. The van der Waals surface area contributed by atoms with Crippen LogP contribution in [-0.4, -0.2) is 254 Å². The Bertz CT molecular complexity index is 5700. The Morgan fingerprint density at radius 3 is 1.17 bits per heavy atom. The van der Waals surface area contributed by atoms with Gasteiger partial charge in [-0.15, -0.1) is 0 Å². The summed E-state index contributed by atoms with van der Waals surface area (Å²) in [5, 5.41) is 10.3. The molecule has 6 N–H and O–H groups in total. The third-order valence-electron chi connectivity index (χ3n) is 20.8. The van der Waals surface area contributed by atoms with Crippen LogP contribution in [0.5, 0.6) is 34.9 Å². The molecule has 15 rings (SSSR count). The lowest BCUT2D eigenvalue weighted by molar-refractivity contribution is -0.138. The predicted molar refractivity (Wildman–Crippen MR) is 447 cm³/mol. The summed E-state index contributed by atoms with van der Waals surface area (Å²) in [4.78, 5) is 104. The number of hydrogen-bond acceptors (Lipinski definition) is 21. The lowest BCUT2D eigenvalue weighted by Crippen LogP contribution is -2.47. The van der Waals surface area contributed by atoms with E-state index >= 15 is 13.2 Å². The van der Waals surface area contributed by atoms with E-state index in [2.05, 4.69) is 99.5 Å². The van der Waals surface area contributed by atoms with Gasteiger partial charge in [-0.3, -0.25) is 29.0 Å². The Hall–Kier alpha value is -12.8. The number of rotatable bonds is 21. The zero-order valence-electron chi connectivity index (χ0n) is 68.7. The second kappa shape index (κ2) is 37.0. The van der Waals surface area contributed by atoms with Gasteiger partial charge in [-0.05, 0) is 156 Å². The van der Waals surface area contributed by atoms with Crippen LogP contribution in [0.2, 0.25) is 0 Å². The topological polar surface area (TPSA) is 286 Å². The number of hydrogen-bond donors (Lipinski definition) is 6. The summed E-state index contributed by atoms with van der Waals surface area (Å²) >= 11 is 0. The van der Waals surface area contributed by atoms with Crippen LogP contribution in [0, 0.1) is 38.2 Å². The number of anilines is 6. The molecule has 0 atom stereocenters. The summed E-state index contributed by atoms with van der Waals surface area (Å²) in [6.45, 7) is 20.1. The van der Waals surface area contributed by atoms with Crippen molar-refractivity contribution in [2.75, 3.05) is 157 Å². The van der Waals surface area contributed by atoms with Crippen LogP contribution in [0.4, 0.5) is 60.9 Å². The van der Waals surface area contributed by atoms with Gasteiger partial charge in [0.15, 0.2) is 52.2 Å². The van der Waals surface area contributed by atoms with Gasteiger partial charge >= 0.3 is 6.18 Å². The van der Waals surface area contributed by atoms with Crippen molar-refractivity contribution in [3.8, 4) is 34.9 Å². The highest BCUT2D eigenvalue weighted by Gasteiger charge is 2.36.